The van der Waals surface area contributed by atoms with Gasteiger partial charge in [-0.1, -0.05) is 32.0 Å². The van der Waals surface area contributed by atoms with Crippen LogP contribution in [0.1, 0.15) is 13.8 Å². The van der Waals surface area contributed by atoms with Gasteiger partial charge in [0.2, 0.25) is 5.75 Å². The predicted molar refractivity (Wildman–Crippen MR) is 71.8 cm³/mol. The number of benzene rings is 1. The van der Waals surface area contributed by atoms with E-state index in [4.69, 9.17) is 4.74 Å². The van der Waals surface area contributed by atoms with Gasteiger partial charge in [-0.3, -0.25) is 4.79 Å². The molecule has 0 amide bonds. The molecule has 0 spiro atoms. The van der Waals surface area contributed by atoms with Crippen molar-refractivity contribution in [2.24, 2.45) is 5.92 Å². The average molecular weight is 260 g/mol. The molecule has 5 nitrogen and oxygen atoms in total. The van der Waals surface area contributed by atoms with Crippen LogP contribution in [0.5, 0.6) is 11.5 Å². The van der Waals surface area contributed by atoms with Crippen molar-refractivity contribution < 1.29 is 9.84 Å². The maximum absolute atomic E-state index is 12.2. The molecule has 5 heteroatoms. The lowest BCUT2D eigenvalue weighted by molar-refractivity contribution is 0.253. The number of hydrogen-bond acceptors (Lipinski definition) is 4. The van der Waals surface area contributed by atoms with E-state index in [9.17, 15) is 9.90 Å². The fourth-order valence-corrected chi connectivity index (χ4v) is 1.57. The number of aromatic nitrogens is 2. The third kappa shape index (κ3) is 2.93. The molecular formula is C14H16N2O3. The second-order valence-electron chi connectivity index (χ2n) is 4.62. The monoisotopic (exact) mass is 260 g/mol. The summed E-state index contributed by atoms with van der Waals surface area (Å²) >= 11 is 0. The zero-order valence-electron chi connectivity index (χ0n) is 10.9. The Labute approximate surface area is 111 Å². The summed E-state index contributed by atoms with van der Waals surface area (Å²) in [4.78, 5) is 12.2. The molecule has 1 N–H and O–H groups in total. The van der Waals surface area contributed by atoms with Crippen LogP contribution in [-0.2, 0) is 0 Å². The third-order valence-corrected chi connectivity index (χ3v) is 2.48. The Balaban J connectivity index is 2.43. The van der Waals surface area contributed by atoms with Crippen molar-refractivity contribution in [1.29, 1.82) is 0 Å². The maximum atomic E-state index is 12.2. The van der Waals surface area contributed by atoms with Crippen molar-refractivity contribution >= 4 is 0 Å². The van der Waals surface area contributed by atoms with Gasteiger partial charge in [0.15, 0.2) is 5.75 Å². The smallest absolute Gasteiger partial charge is 0.317 e. The molecule has 2 aromatic rings. The van der Waals surface area contributed by atoms with Crippen molar-refractivity contribution in [3.05, 3.63) is 46.9 Å². The summed E-state index contributed by atoms with van der Waals surface area (Å²) in [6.07, 6.45) is 1.21. The first-order valence-corrected chi connectivity index (χ1v) is 6.09. The first kappa shape index (κ1) is 13.1. The van der Waals surface area contributed by atoms with Gasteiger partial charge in [-0.05, 0) is 18.1 Å². The molecule has 0 saturated carbocycles. The third-order valence-electron chi connectivity index (χ3n) is 2.48. The molecular weight excluding hydrogens is 244 g/mol. The summed E-state index contributed by atoms with van der Waals surface area (Å²) in [7, 11) is 0. The van der Waals surface area contributed by atoms with E-state index in [1.165, 1.54) is 10.9 Å². The average Bonchev–Trinajstić information content (AvgIpc) is 2.39. The van der Waals surface area contributed by atoms with E-state index in [1.807, 2.05) is 32.0 Å². The van der Waals surface area contributed by atoms with Gasteiger partial charge < -0.3 is 9.84 Å². The zero-order valence-corrected chi connectivity index (χ0v) is 10.9. The summed E-state index contributed by atoms with van der Waals surface area (Å²) < 4.78 is 6.57. The zero-order chi connectivity index (χ0) is 13.8. The second-order valence-corrected chi connectivity index (χ2v) is 4.62. The van der Waals surface area contributed by atoms with Gasteiger partial charge in [0, 0.05) is 0 Å². The van der Waals surface area contributed by atoms with E-state index in [-0.39, 0.29) is 17.4 Å². The van der Waals surface area contributed by atoms with E-state index in [1.54, 1.807) is 12.1 Å². The van der Waals surface area contributed by atoms with Crippen LogP contribution in [0.4, 0.5) is 0 Å². The highest BCUT2D eigenvalue weighted by Crippen LogP contribution is 2.20. The van der Waals surface area contributed by atoms with Crippen molar-refractivity contribution in [2.75, 3.05) is 6.61 Å². The lowest BCUT2D eigenvalue weighted by atomic mass is 10.2. The standard InChI is InChI=1S/C14H16N2O3/c1-10(2)9-19-13-12(17)8-15-16(14(13)18)11-6-4-3-5-7-11/h3-8,10,17H,9H2,1-2H3. The van der Waals surface area contributed by atoms with Gasteiger partial charge in [0.1, 0.15) is 0 Å². The number of para-hydroxylation sites is 1. The van der Waals surface area contributed by atoms with Gasteiger partial charge in [-0.15, -0.1) is 0 Å². The number of aromatic hydroxyl groups is 1. The van der Waals surface area contributed by atoms with Gasteiger partial charge in [0.05, 0.1) is 18.5 Å². The minimum atomic E-state index is -0.466. The normalized spacial score (nSPS) is 10.7. The Bertz CT molecular complexity index is 606. The molecule has 1 aromatic carbocycles. The Kier molecular flexibility index (Phi) is 3.85. The molecule has 0 fully saturated rings. The van der Waals surface area contributed by atoms with Crippen LogP contribution in [-0.4, -0.2) is 21.5 Å². The maximum Gasteiger partial charge on any atom is 0.317 e. The SMILES string of the molecule is CC(C)COc1c(O)cnn(-c2ccccc2)c1=O. The van der Waals surface area contributed by atoms with Crippen LogP contribution in [0.3, 0.4) is 0 Å². The largest absolute Gasteiger partial charge is 0.503 e. The molecule has 0 saturated heterocycles. The van der Waals surface area contributed by atoms with E-state index < -0.39 is 5.56 Å². The van der Waals surface area contributed by atoms with E-state index in [0.717, 1.165) is 0 Å². The minimum absolute atomic E-state index is 0.0625. The molecule has 0 aliphatic heterocycles. The lowest BCUT2D eigenvalue weighted by Gasteiger charge is -2.11. The van der Waals surface area contributed by atoms with E-state index >= 15 is 0 Å². The molecule has 0 unspecified atom stereocenters. The molecule has 0 aliphatic carbocycles. The number of hydrogen-bond donors (Lipinski definition) is 1. The highest BCUT2D eigenvalue weighted by atomic mass is 16.5. The molecule has 100 valence electrons. The molecule has 2 rings (SSSR count). The Morgan fingerprint density at radius 1 is 1.32 bits per heavy atom. The number of ether oxygens (including phenoxy) is 1. The lowest BCUT2D eigenvalue weighted by Crippen LogP contribution is -2.23. The van der Waals surface area contributed by atoms with Gasteiger partial charge in [0.25, 0.3) is 0 Å². The van der Waals surface area contributed by atoms with Crippen molar-refractivity contribution in [3.63, 3.8) is 0 Å². The predicted octanol–water partition coefficient (Wildman–Crippen LogP) is 1.97. The van der Waals surface area contributed by atoms with Crippen LogP contribution < -0.4 is 10.3 Å². The summed E-state index contributed by atoms with van der Waals surface area (Å²) in [5.74, 6) is -0.0393. The number of nitrogens with zero attached hydrogens (tertiary/aromatic N) is 2. The molecule has 19 heavy (non-hydrogen) atoms. The van der Waals surface area contributed by atoms with E-state index in [0.29, 0.717) is 12.3 Å². The van der Waals surface area contributed by atoms with Gasteiger partial charge in [-0.2, -0.15) is 9.78 Å². The summed E-state index contributed by atoms with van der Waals surface area (Å²) in [6, 6.07) is 9.00. The highest BCUT2D eigenvalue weighted by molar-refractivity contribution is 5.38. The molecule has 0 atom stereocenters. The van der Waals surface area contributed by atoms with E-state index in [2.05, 4.69) is 5.10 Å². The van der Waals surface area contributed by atoms with Crippen LogP contribution in [0, 0.1) is 5.92 Å². The molecule has 0 aliphatic rings. The second kappa shape index (κ2) is 5.56. The highest BCUT2D eigenvalue weighted by Gasteiger charge is 2.13. The molecule has 1 aromatic heterocycles. The Morgan fingerprint density at radius 3 is 2.63 bits per heavy atom. The minimum Gasteiger partial charge on any atom is -0.503 e. The van der Waals surface area contributed by atoms with Gasteiger partial charge in [-0.25, -0.2) is 0 Å². The van der Waals surface area contributed by atoms with Crippen LogP contribution in [0.25, 0.3) is 5.69 Å². The van der Waals surface area contributed by atoms with Crippen molar-refractivity contribution in [2.45, 2.75) is 13.8 Å². The summed E-state index contributed by atoms with van der Waals surface area (Å²) in [5, 5.41) is 13.6. The quantitative estimate of drug-likeness (QED) is 0.912. The van der Waals surface area contributed by atoms with Crippen LogP contribution in [0.15, 0.2) is 41.3 Å². The van der Waals surface area contributed by atoms with Crippen molar-refractivity contribution in [3.8, 4) is 17.2 Å². The fourth-order valence-electron chi connectivity index (χ4n) is 1.57. The van der Waals surface area contributed by atoms with Crippen molar-refractivity contribution in [1.82, 2.24) is 9.78 Å². The van der Waals surface area contributed by atoms with Gasteiger partial charge >= 0.3 is 5.56 Å². The van der Waals surface area contributed by atoms with Crippen LogP contribution >= 0.6 is 0 Å². The fraction of sp³-hybridized carbons (Fsp3) is 0.286. The summed E-state index contributed by atoms with van der Waals surface area (Å²) in [5.41, 5.74) is 0.161. The number of rotatable bonds is 4. The Hall–Kier alpha value is -2.30. The summed E-state index contributed by atoms with van der Waals surface area (Å²) in [6.45, 7) is 4.30. The van der Waals surface area contributed by atoms with Crippen LogP contribution in [0.2, 0.25) is 0 Å². The molecule has 1 heterocycles. The molecule has 0 radical (unpaired) electrons. The first-order chi connectivity index (χ1) is 9.09. The topological polar surface area (TPSA) is 64.3 Å². The Morgan fingerprint density at radius 2 is 2.00 bits per heavy atom. The molecule has 0 bridgehead atoms. The first-order valence-electron chi connectivity index (χ1n) is 6.09.